The van der Waals surface area contributed by atoms with E-state index in [9.17, 15) is 4.79 Å². The zero-order chi connectivity index (χ0) is 22.7. The van der Waals surface area contributed by atoms with Gasteiger partial charge in [-0.25, -0.2) is 4.98 Å². The molecule has 0 saturated carbocycles. The molecule has 1 heterocycles. The second kappa shape index (κ2) is 8.86. The minimum absolute atomic E-state index is 0.0496. The number of carbonyl (C=O) groups excluding carboxylic acids is 1. The molecule has 0 radical (unpaired) electrons. The van der Waals surface area contributed by atoms with Crippen LogP contribution in [0.15, 0.2) is 48.5 Å². The average molecular weight is 433 g/mol. The Morgan fingerprint density at radius 3 is 2.47 bits per heavy atom. The van der Waals surface area contributed by atoms with Gasteiger partial charge < -0.3 is 20.1 Å². The fourth-order valence-corrected chi connectivity index (χ4v) is 3.92. The zero-order valence-corrected chi connectivity index (χ0v) is 18.9. The molecule has 7 heteroatoms. The lowest BCUT2D eigenvalue weighted by atomic mass is 9.75. The Morgan fingerprint density at radius 1 is 1.00 bits per heavy atom. The lowest BCUT2D eigenvalue weighted by molar-refractivity contribution is 0.0911. The van der Waals surface area contributed by atoms with E-state index in [1.165, 1.54) is 0 Å². The Kier molecular flexibility index (Phi) is 5.99. The molecule has 1 aliphatic rings. The number of carbonyl (C=O) groups is 1. The van der Waals surface area contributed by atoms with Crippen LogP contribution in [0.2, 0.25) is 0 Å². The second-order valence-corrected chi connectivity index (χ2v) is 8.57. The van der Waals surface area contributed by atoms with Crippen LogP contribution in [-0.2, 0) is 6.42 Å². The first-order valence-electron chi connectivity index (χ1n) is 10.7. The van der Waals surface area contributed by atoms with E-state index >= 15 is 0 Å². The number of fused-ring (bicyclic) bond motifs is 1. The third kappa shape index (κ3) is 4.66. The van der Waals surface area contributed by atoms with Crippen LogP contribution in [0.1, 0.15) is 43.2 Å². The van der Waals surface area contributed by atoms with Crippen molar-refractivity contribution in [1.82, 2.24) is 9.97 Å². The first-order chi connectivity index (χ1) is 15.4. The van der Waals surface area contributed by atoms with Crippen molar-refractivity contribution in [2.75, 3.05) is 24.4 Å². The third-order valence-corrected chi connectivity index (χ3v) is 5.33. The van der Waals surface area contributed by atoms with E-state index in [0.29, 0.717) is 42.5 Å². The van der Waals surface area contributed by atoms with Crippen molar-refractivity contribution < 1.29 is 14.3 Å². The summed E-state index contributed by atoms with van der Waals surface area (Å²) in [5, 5.41) is 6.56. The van der Waals surface area contributed by atoms with Crippen molar-refractivity contribution in [2.45, 2.75) is 33.6 Å². The summed E-state index contributed by atoms with van der Waals surface area (Å²) >= 11 is 0. The highest BCUT2D eigenvalue weighted by molar-refractivity contribution is 6.03. The Labute approximate surface area is 188 Å². The highest BCUT2D eigenvalue weighted by Gasteiger charge is 2.35. The molecule has 1 aromatic heterocycles. The summed E-state index contributed by atoms with van der Waals surface area (Å²) < 4.78 is 11.0. The number of rotatable bonds is 7. The molecule has 1 aliphatic carbocycles. The van der Waals surface area contributed by atoms with Crippen LogP contribution in [-0.4, -0.2) is 29.5 Å². The van der Waals surface area contributed by atoms with Gasteiger partial charge in [0.05, 0.1) is 30.7 Å². The minimum Gasteiger partial charge on any atom is -0.495 e. The van der Waals surface area contributed by atoms with Crippen molar-refractivity contribution in [3.8, 4) is 11.5 Å². The molecule has 0 saturated heterocycles. The van der Waals surface area contributed by atoms with E-state index in [1.54, 1.807) is 7.11 Å². The van der Waals surface area contributed by atoms with Crippen LogP contribution in [0.3, 0.4) is 0 Å². The van der Waals surface area contributed by atoms with E-state index in [-0.39, 0.29) is 11.2 Å². The van der Waals surface area contributed by atoms with Gasteiger partial charge in [-0.15, -0.1) is 0 Å². The Bertz CT molecular complexity index is 1130. The Morgan fingerprint density at radius 2 is 1.75 bits per heavy atom. The molecule has 32 heavy (non-hydrogen) atoms. The highest BCUT2D eigenvalue weighted by Crippen LogP contribution is 2.38. The van der Waals surface area contributed by atoms with E-state index in [4.69, 9.17) is 14.5 Å². The number of anilines is 4. The summed E-state index contributed by atoms with van der Waals surface area (Å²) in [5.74, 6) is 2.43. The first kappa shape index (κ1) is 21.6. The average Bonchev–Trinajstić information content (AvgIpc) is 2.74. The van der Waals surface area contributed by atoms with Gasteiger partial charge in [0, 0.05) is 12.1 Å². The Balaban J connectivity index is 1.73. The van der Waals surface area contributed by atoms with Crippen molar-refractivity contribution in [3.05, 3.63) is 59.8 Å². The molecule has 0 aliphatic heterocycles. The number of para-hydroxylation sites is 2. The van der Waals surface area contributed by atoms with Gasteiger partial charge in [0.15, 0.2) is 5.78 Å². The molecule has 2 aromatic carbocycles. The maximum Gasteiger partial charge on any atom is 0.229 e. The monoisotopic (exact) mass is 432 g/mol. The number of hydrogen-bond acceptors (Lipinski definition) is 7. The summed E-state index contributed by atoms with van der Waals surface area (Å²) in [6.45, 7) is 6.73. The van der Waals surface area contributed by atoms with Gasteiger partial charge >= 0.3 is 0 Å². The fourth-order valence-electron chi connectivity index (χ4n) is 3.92. The first-order valence-corrected chi connectivity index (χ1v) is 10.7. The zero-order valence-electron chi connectivity index (χ0n) is 18.9. The number of nitrogens with one attached hydrogen (secondary N) is 2. The standard InChI is InChI=1S/C25H28N4O3/c1-5-32-17-12-10-16(11-13-17)26-23-22-19(14-25(2,3)15-20(22)30)28-24(29-23)27-18-8-6-7-9-21(18)31-4/h6-13H,5,14-15H2,1-4H3,(H2,26,27,28,29). The number of Topliss-reactive ketones (excluding diaryl/α,β-unsaturated/α-hetero) is 1. The summed E-state index contributed by atoms with van der Waals surface area (Å²) in [6.07, 6.45) is 1.15. The van der Waals surface area contributed by atoms with Gasteiger partial charge in [0.25, 0.3) is 0 Å². The maximum absolute atomic E-state index is 13.0. The lowest BCUT2D eigenvalue weighted by Crippen LogP contribution is -2.29. The minimum atomic E-state index is -0.156. The number of benzene rings is 2. The molecule has 0 amide bonds. The fraction of sp³-hybridized carbons (Fsp3) is 0.320. The normalized spacial score (nSPS) is 14.4. The summed E-state index contributed by atoms with van der Waals surface area (Å²) in [5.41, 5.74) is 2.71. The third-order valence-electron chi connectivity index (χ3n) is 5.33. The number of methoxy groups -OCH3 is 1. The summed E-state index contributed by atoms with van der Waals surface area (Å²) in [4.78, 5) is 22.4. The number of nitrogens with zero attached hydrogens (tertiary/aromatic N) is 2. The molecule has 0 fully saturated rings. The molecule has 2 N–H and O–H groups in total. The van der Waals surface area contributed by atoms with Crippen LogP contribution >= 0.6 is 0 Å². The Hall–Kier alpha value is -3.61. The SMILES string of the molecule is CCOc1ccc(Nc2nc(Nc3ccccc3OC)nc3c2C(=O)CC(C)(C)C3)cc1. The van der Waals surface area contributed by atoms with Gasteiger partial charge in [-0.1, -0.05) is 26.0 Å². The van der Waals surface area contributed by atoms with Gasteiger partial charge in [-0.05, 0) is 55.2 Å². The predicted octanol–water partition coefficient (Wildman–Crippen LogP) is 5.53. The second-order valence-electron chi connectivity index (χ2n) is 8.57. The van der Waals surface area contributed by atoms with Gasteiger partial charge in [-0.2, -0.15) is 4.98 Å². The highest BCUT2D eigenvalue weighted by atomic mass is 16.5. The van der Waals surface area contributed by atoms with Crippen LogP contribution in [0.25, 0.3) is 0 Å². The van der Waals surface area contributed by atoms with Crippen molar-refractivity contribution in [1.29, 1.82) is 0 Å². The van der Waals surface area contributed by atoms with Crippen molar-refractivity contribution in [2.24, 2.45) is 5.41 Å². The van der Waals surface area contributed by atoms with Crippen molar-refractivity contribution in [3.63, 3.8) is 0 Å². The molecular weight excluding hydrogens is 404 g/mol. The molecule has 0 unspecified atom stereocenters. The topological polar surface area (TPSA) is 85.4 Å². The van der Waals surface area contributed by atoms with Crippen LogP contribution < -0.4 is 20.1 Å². The predicted molar refractivity (Wildman–Crippen MR) is 126 cm³/mol. The number of ketones is 1. The van der Waals surface area contributed by atoms with E-state index in [0.717, 1.165) is 22.8 Å². The molecule has 0 spiro atoms. The molecule has 0 bridgehead atoms. The van der Waals surface area contributed by atoms with Gasteiger partial charge in [0.2, 0.25) is 5.95 Å². The lowest BCUT2D eigenvalue weighted by Gasteiger charge is -2.30. The quantitative estimate of drug-likeness (QED) is 0.508. The largest absolute Gasteiger partial charge is 0.495 e. The molecule has 166 valence electrons. The van der Waals surface area contributed by atoms with E-state index in [2.05, 4.69) is 29.5 Å². The molecule has 4 rings (SSSR count). The molecule has 0 atom stereocenters. The van der Waals surface area contributed by atoms with E-state index < -0.39 is 0 Å². The van der Waals surface area contributed by atoms with Gasteiger partial charge in [-0.3, -0.25) is 4.79 Å². The van der Waals surface area contributed by atoms with Crippen LogP contribution in [0.5, 0.6) is 11.5 Å². The van der Waals surface area contributed by atoms with Crippen LogP contribution in [0, 0.1) is 5.41 Å². The van der Waals surface area contributed by atoms with Crippen LogP contribution in [0.4, 0.5) is 23.1 Å². The molecule has 3 aromatic rings. The van der Waals surface area contributed by atoms with Gasteiger partial charge in [0.1, 0.15) is 17.3 Å². The molecular formula is C25H28N4O3. The smallest absolute Gasteiger partial charge is 0.229 e. The van der Waals surface area contributed by atoms with E-state index in [1.807, 2.05) is 55.5 Å². The summed E-state index contributed by atoms with van der Waals surface area (Å²) in [7, 11) is 1.62. The number of aromatic nitrogens is 2. The number of hydrogen-bond donors (Lipinski definition) is 2. The maximum atomic E-state index is 13.0. The number of ether oxygens (including phenoxy) is 2. The molecule has 7 nitrogen and oxygen atoms in total. The summed E-state index contributed by atoms with van der Waals surface area (Å²) in [6, 6.07) is 15.2. The van der Waals surface area contributed by atoms with Crippen molar-refractivity contribution >= 4 is 28.9 Å².